The van der Waals surface area contributed by atoms with E-state index in [-0.39, 0.29) is 4.90 Å². The van der Waals surface area contributed by atoms with Crippen molar-refractivity contribution in [3.05, 3.63) is 35.7 Å². The Hall–Kier alpha value is -2.06. The van der Waals surface area contributed by atoms with E-state index in [0.29, 0.717) is 17.1 Å². The van der Waals surface area contributed by atoms with Crippen LogP contribution in [0.2, 0.25) is 0 Å². The first-order valence-corrected chi connectivity index (χ1v) is 9.92. The summed E-state index contributed by atoms with van der Waals surface area (Å²) in [4.78, 5) is 4.71. The number of para-hydroxylation sites is 2. The first kappa shape index (κ1) is 17.8. The number of piperazine rings is 1. The van der Waals surface area contributed by atoms with E-state index in [9.17, 15) is 8.42 Å². The number of likely N-dealkylation sites (N-methyl/N-ethyl adjacent to an activating group) is 1. The van der Waals surface area contributed by atoms with Gasteiger partial charge in [-0.2, -0.15) is 0 Å². The van der Waals surface area contributed by atoms with Gasteiger partial charge >= 0.3 is 0 Å². The van der Waals surface area contributed by atoms with E-state index in [2.05, 4.69) is 26.6 Å². The summed E-state index contributed by atoms with van der Waals surface area (Å²) in [5.74, 6) is 0.291. The van der Waals surface area contributed by atoms with Gasteiger partial charge in [-0.05, 0) is 32.5 Å². The molecule has 1 aliphatic heterocycles. The minimum absolute atomic E-state index is 0.109. The molecule has 0 spiro atoms. The quantitative estimate of drug-likeness (QED) is 0.877. The maximum atomic E-state index is 12.8. The third-order valence-corrected chi connectivity index (χ3v) is 6.15. The summed E-state index contributed by atoms with van der Waals surface area (Å²) in [6.45, 7) is 10.1. The Morgan fingerprint density at radius 3 is 2.44 bits per heavy atom. The van der Waals surface area contributed by atoms with Crippen molar-refractivity contribution in [1.29, 1.82) is 0 Å². The topological polar surface area (TPSA) is 78.7 Å². The van der Waals surface area contributed by atoms with Crippen molar-refractivity contribution >= 4 is 21.4 Å². The lowest BCUT2D eigenvalue weighted by molar-refractivity contribution is 0.271. The summed E-state index contributed by atoms with van der Waals surface area (Å²) < 4.78 is 33.3. The molecular formula is C17H24N4O3S. The molecule has 1 aromatic heterocycles. The van der Waals surface area contributed by atoms with Crippen LogP contribution >= 0.6 is 0 Å². The van der Waals surface area contributed by atoms with Gasteiger partial charge in [0.25, 0.3) is 10.0 Å². The highest BCUT2D eigenvalue weighted by Crippen LogP contribution is 2.30. The third-order valence-electron chi connectivity index (χ3n) is 4.55. The van der Waals surface area contributed by atoms with Crippen molar-refractivity contribution in [2.75, 3.05) is 42.3 Å². The van der Waals surface area contributed by atoms with Crippen LogP contribution in [0.15, 0.2) is 33.7 Å². The van der Waals surface area contributed by atoms with E-state index in [1.807, 2.05) is 18.2 Å². The molecule has 2 aromatic rings. The van der Waals surface area contributed by atoms with Gasteiger partial charge in [-0.1, -0.05) is 24.2 Å². The molecule has 0 radical (unpaired) electrons. The Labute approximate surface area is 148 Å². The van der Waals surface area contributed by atoms with E-state index in [1.165, 1.54) is 0 Å². The van der Waals surface area contributed by atoms with Crippen LogP contribution in [0.1, 0.15) is 18.4 Å². The van der Waals surface area contributed by atoms with Crippen molar-refractivity contribution in [1.82, 2.24) is 10.1 Å². The molecule has 1 saturated heterocycles. The van der Waals surface area contributed by atoms with Crippen LogP contribution in [0.5, 0.6) is 0 Å². The highest BCUT2D eigenvalue weighted by molar-refractivity contribution is 7.92. The van der Waals surface area contributed by atoms with Gasteiger partial charge in [0.2, 0.25) is 0 Å². The lowest BCUT2D eigenvalue weighted by Gasteiger charge is -2.36. The number of hydrogen-bond acceptors (Lipinski definition) is 6. The maximum Gasteiger partial charge on any atom is 0.267 e. The van der Waals surface area contributed by atoms with Crippen LogP contribution in [-0.4, -0.2) is 51.2 Å². The van der Waals surface area contributed by atoms with Gasteiger partial charge in [-0.15, -0.1) is 0 Å². The van der Waals surface area contributed by atoms with Crippen molar-refractivity contribution in [3.8, 4) is 0 Å². The molecule has 0 aliphatic carbocycles. The largest absolute Gasteiger partial charge is 0.367 e. The second-order valence-corrected chi connectivity index (χ2v) is 7.82. The highest BCUT2D eigenvalue weighted by atomic mass is 32.2. The molecule has 0 bridgehead atoms. The minimum atomic E-state index is -3.75. The standard InChI is InChI=1S/C17H24N4O3S/c1-4-20-9-11-21(12-10-20)16-8-6-5-7-15(16)19-25(22,23)17-13(2)18-24-14(17)3/h5-8,19H,4,9-12H2,1-3H3. The maximum absolute atomic E-state index is 12.8. The summed E-state index contributed by atoms with van der Waals surface area (Å²) >= 11 is 0. The number of nitrogens with one attached hydrogen (secondary N) is 1. The van der Waals surface area contributed by atoms with Crippen LogP contribution in [-0.2, 0) is 10.0 Å². The number of hydrogen-bond donors (Lipinski definition) is 1. The summed E-state index contributed by atoms with van der Waals surface area (Å²) in [6.07, 6.45) is 0. The number of aromatic nitrogens is 1. The summed E-state index contributed by atoms with van der Waals surface area (Å²) in [7, 11) is -3.75. The number of anilines is 2. The van der Waals surface area contributed by atoms with Gasteiger partial charge < -0.3 is 14.3 Å². The molecule has 1 N–H and O–H groups in total. The zero-order valence-electron chi connectivity index (χ0n) is 14.8. The molecule has 1 fully saturated rings. The summed E-state index contributed by atoms with van der Waals surface area (Å²) in [5, 5.41) is 3.74. The van der Waals surface area contributed by atoms with Crippen LogP contribution in [0.3, 0.4) is 0 Å². The first-order chi connectivity index (χ1) is 11.9. The van der Waals surface area contributed by atoms with E-state index < -0.39 is 10.0 Å². The van der Waals surface area contributed by atoms with E-state index in [1.54, 1.807) is 19.9 Å². The Balaban J connectivity index is 1.87. The molecule has 1 aromatic carbocycles. The first-order valence-electron chi connectivity index (χ1n) is 8.44. The van der Waals surface area contributed by atoms with E-state index in [4.69, 9.17) is 4.52 Å². The fourth-order valence-corrected chi connectivity index (χ4v) is 4.60. The highest BCUT2D eigenvalue weighted by Gasteiger charge is 2.26. The number of nitrogens with zero attached hydrogens (tertiary/aromatic N) is 3. The molecule has 2 heterocycles. The molecule has 0 atom stereocenters. The minimum Gasteiger partial charge on any atom is -0.367 e. The van der Waals surface area contributed by atoms with Gasteiger partial charge in [0.05, 0.1) is 11.4 Å². The number of rotatable bonds is 5. The fraction of sp³-hybridized carbons (Fsp3) is 0.471. The summed E-state index contributed by atoms with van der Waals surface area (Å²) in [6, 6.07) is 7.50. The van der Waals surface area contributed by atoms with Crippen molar-refractivity contribution in [2.24, 2.45) is 0 Å². The lowest BCUT2D eigenvalue weighted by atomic mass is 10.2. The lowest BCUT2D eigenvalue weighted by Crippen LogP contribution is -2.46. The van der Waals surface area contributed by atoms with Crippen LogP contribution < -0.4 is 9.62 Å². The molecule has 8 heteroatoms. The van der Waals surface area contributed by atoms with E-state index in [0.717, 1.165) is 38.4 Å². The Bertz CT molecular complexity index is 820. The molecule has 0 saturated carbocycles. The van der Waals surface area contributed by atoms with E-state index >= 15 is 0 Å². The predicted octanol–water partition coefficient (Wildman–Crippen LogP) is 2.23. The van der Waals surface area contributed by atoms with Crippen molar-refractivity contribution < 1.29 is 12.9 Å². The molecule has 25 heavy (non-hydrogen) atoms. The van der Waals surface area contributed by atoms with Gasteiger partial charge in [-0.3, -0.25) is 4.72 Å². The smallest absolute Gasteiger partial charge is 0.267 e. The van der Waals surface area contributed by atoms with Gasteiger partial charge in [0.15, 0.2) is 10.7 Å². The van der Waals surface area contributed by atoms with Crippen LogP contribution in [0.25, 0.3) is 0 Å². The number of sulfonamides is 1. The number of aryl methyl sites for hydroxylation is 2. The molecular weight excluding hydrogens is 340 g/mol. The van der Waals surface area contributed by atoms with Crippen LogP contribution in [0, 0.1) is 13.8 Å². The molecule has 3 rings (SSSR count). The third kappa shape index (κ3) is 3.64. The normalized spacial score (nSPS) is 16.2. The zero-order valence-corrected chi connectivity index (χ0v) is 15.6. The zero-order chi connectivity index (χ0) is 18.0. The summed E-state index contributed by atoms with van der Waals surface area (Å²) in [5.41, 5.74) is 1.83. The average molecular weight is 364 g/mol. The van der Waals surface area contributed by atoms with Gasteiger partial charge in [0.1, 0.15) is 5.69 Å². The molecule has 136 valence electrons. The Kier molecular flexibility index (Phi) is 5.01. The second kappa shape index (κ2) is 7.05. The number of benzene rings is 1. The average Bonchev–Trinajstić information content (AvgIpc) is 2.94. The fourth-order valence-electron chi connectivity index (χ4n) is 3.19. The van der Waals surface area contributed by atoms with Crippen molar-refractivity contribution in [2.45, 2.75) is 25.7 Å². The second-order valence-electron chi connectivity index (χ2n) is 6.20. The van der Waals surface area contributed by atoms with Gasteiger partial charge in [-0.25, -0.2) is 8.42 Å². The Morgan fingerprint density at radius 1 is 1.16 bits per heavy atom. The molecule has 0 unspecified atom stereocenters. The monoisotopic (exact) mass is 364 g/mol. The predicted molar refractivity (Wildman–Crippen MR) is 97.6 cm³/mol. The SMILES string of the molecule is CCN1CCN(c2ccccc2NS(=O)(=O)c2c(C)noc2C)CC1. The molecule has 7 nitrogen and oxygen atoms in total. The van der Waals surface area contributed by atoms with Crippen LogP contribution in [0.4, 0.5) is 11.4 Å². The van der Waals surface area contributed by atoms with Crippen molar-refractivity contribution in [3.63, 3.8) is 0 Å². The Morgan fingerprint density at radius 2 is 1.84 bits per heavy atom. The van der Waals surface area contributed by atoms with Gasteiger partial charge in [0, 0.05) is 26.2 Å². The molecule has 1 aliphatic rings. The molecule has 0 amide bonds.